The first-order valence-corrected chi connectivity index (χ1v) is 13.0. The quantitative estimate of drug-likeness (QED) is 0.330. The zero-order valence-electron chi connectivity index (χ0n) is 23.8. The highest BCUT2D eigenvalue weighted by Gasteiger charge is 2.39. The van der Waals surface area contributed by atoms with Gasteiger partial charge in [-0.15, -0.1) is 0 Å². The molecule has 2 aliphatic heterocycles. The predicted octanol–water partition coefficient (Wildman–Crippen LogP) is 3.94. The molecule has 4 N–H and O–H groups in total. The number of carbonyl (C=O) groups is 3. The van der Waals surface area contributed by atoms with Gasteiger partial charge in [-0.2, -0.15) is 39.5 Å². The normalized spacial score (nSPS) is 17.3. The number of nitrogens with one attached hydrogen (secondary N) is 1. The second-order valence-corrected chi connectivity index (χ2v) is 9.12. The highest BCUT2D eigenvalue weighted by Crippen LogP contribution is 2.24. The Labute approximate surface area is 259 Å². The second kappa shape index (κ2) is 18.7. The lowest BCUT2D eigenvalue weighted by Crippen LogP contribution is -2.40. The molecule has 2 saturated heterocycles. The van der Waals surface area contributed by atoms with Crippen LogP contribution in [0.4, 0.5) is 45.3 Å². The third-order valence-electron chi connectivity index (χ3n) is 5.60. The molecule has 22 heteroatoms. The minimum absolute atomic E-state index is 0.0437. The molecular weight excluding hydrogens is 669 g/mol. The van der Waals surface area contributed by atoms with Gasteiger partial charge in [0.25, 0.3) is 0 Å². The van der Waals surface area contributed by atoms with E-state index in [4.69, 9.17) is 44.2 Å². The number of aliphatic carboxylic acids is 3. The van der Waals surface area contributed by atoms with Crippen LogP contribution in [0.25, 0.3) is 0 Å². The molecule has 0 radical (unpaired) electrons. The number of carboxylic acid groups (broad SMARTS) is 3. The summed E-state index contributed by atoms with van der Waals surface area (Å²) in [6.45, 7) is 4.57. The summed E-state index contributed by atoms with van der Waals surface area (Å²) >= 11 is 0. The van der Waals surface area contributed by atoms with Crippen molar-refractivity contribution in [1.82, 2.24) is 19.9 Å². The summed E-state index contributed by atoms with van der Waals surface area (Å²) in [5.41, 5.74) is 1.05. The van der Waals surface area contributed by atoms with Crippen molar-refractivity contribution in [2.24, 2.45) is 0 Å². The van der Waals surface area contributed by atoms with E-state index in [2.05, 4.69) is 26.3 Å². The van der Waals surface area contributed by atoms with Crippen molar-refractivity contribution in [2.45, 2.75) is 50.0 Å². The van der Waals surface area contributed by atoms with Gasteiger partial charge in [-0.05, 0) is 31.0 Å². The molecule has 13 nitrogen and oxygen atoms in total. The van der Waals surface area contributed by atoms with Gasteiger partial charge >= 0.3 is 36.4 Å². The Balaban J connectivity index is 0.000000430. The maximum absolute atomic E-state index is 10.6. The van der Waals surface area contributed by atoms with E-state index < -0.39 is 36.4 Å². The number of pyridine rings is 1. The summed E-state index contributed by atoms with van der Waals surface area (Å²) in [7, 11) is 0. The number of anilines is 1. The van der Waals surface area contributed by atoms with Crippen LogP contribution in [0.3, 0.4) is 0 Å². The molecule has 0 spiro atoms. The van der Waals surface area contributed by atoms with E-state index in [1.165, 1.54) is 0 Å². The first kappa shape index (κ1) is 40.7. The van der Waals surface area contributed by atoms with Crippen LogP contribution in [0.15, 0.2) is 36.7 Å². The molecular formula is C25H28F9N5O8. The summed E-state index contributed by atoms with van der Waals surface area (Å²) in [6, 6.07) is 8.41. The highest BCUT2D eigenvalue weighted by atomic mass is 19.4. The number of halogens is 9. The molecule has 2 aliphatic rings. The Morgan fingerprint density at radius 2 is 1.32 bits per heavy atom. The average molecular weight is 698 g/mol. The fourth-order valence-electron chi connectivity index (χ4n) is 3.43. The number of ether oxygens (including phenoxy) is 2. The van der Waals surface area contributed by atoms with Crippen molar-refractivity contribution < 1.29 is 78.7 Å². The number of aromatic nitrogens is 3. The Hall–Kier alpha value is -4.31. The van der Waals surface area contributed by atoms with Crippen molar-refractivity contribution in [2.75, 3.05) is 38.3 Å². The standard InChI is InChI=1S/C19H25N5O2.3C2HF3O2/c1-2-7-20-16(3-1)13-24-9-12-26-14-17(24)19-21-8-4-18(23-19)22-15-5-10-25-11-6-15;3*3-2(4,5)1(6)7/h1-4,7-8,15,17H,5-6,9-14H2,(H,21,22,23);3*(H,6,7). The van der Waals surface area contributed by atoms with Crippen LogP contribution in [0.1, 0.15) is 30.4 Å². The summed E-state index contributed by atoms with van der Waals surface area (Å²) in [6.07, 6.45) is -9.56. The molecule has 0 aliphatic carbocycles. The van der Waals surface area contributed by atoms with Crippen molar-refractivity contribution in [3.05, 3.63) is 48.2 Å². The zero-order chi connectivity index (χ0) is 35.8. The largest absolute Gasteiger partial charge is 0.490 e. The van der Waals surface area contributed by atoms with E-state index in [-0.39, 0.29) is 6.04 Å². The minimum Gasteiger partial charge on any atom is -0.475 e. The van der Waals surface area contributed by atoms with E-state index in [1.807, 2.05) is 30.6 Å². The van der Waals surface area contributed by atoms with Gasteiger partial charge in [-0.3, -0.25) is 9.88 Å². The predicted molar refractivity (Wildman–Crippen MR) is 139 cm³/mol. The van der Waals surface area contributed by atoms with Gasteiger partial charge in [0.15, 0.2) is 0 Å². The fraction of sp³-hybridized carbons (Fsp3) is 0.520. The van der Waals surface area contributed by atoms with Crippen LogP contribution < -0.4 is 5.32 Å². The zero-order valence-corrected chi connectivity index (χ0v) is 23.8. The number of hydrogen-bond donors (Lipinski definition) is 4. The molecule has 0 amide bonds. The number of nitrogens with zero attached hydrogens (tertiary/aromatic N) is 4. The number of alkyl halides is 9. The van der Waals surface area contributed by atoms with E-state index >= 15 is 0 Å². The van der Waals surface area contributed by atoms with Crippen molar-refractivity contribution in [3.8, 4) is 0 Å². The van der Waals surface area contributed by atoms with Crippen LogP contribution in [0, 0.1) is 0 Å². The van der Waals surface area contributed by atoms with Crippen molar-refractivity contribution >= 4 is 23.7 Å². The molecule has 47 heavy (non-hydrogen) atoms. The van der Waals surface area contributed by atoms with Crippen LogP contribution in [-0.4, -0.2) is 111 Å². The molecule has 1 unspecified atom stereocenters. The SMILES string of the molecule is O=C(O)C(F)(F)F.O=C(O)C(F)(F)F.O=C(O)C(F)(F)F.c1ccc(CN2CCOCC2c2nccc(NC3CCOCC3)n2)nc1. The van der Waals surface area contributed by atoms with Gasteiger partial charge in [0.1, 0.15) is 11.6 Å². The van der Waals surface area contributed by atoms with Gasteiger partial charge in [0, 0.05) is 44.7 Å². The smallest absolute Gasteiger partial charge is 0.475 e. The number of morpholine rings is 1. The molecule has 2 fully saturated rings. The number of rotatable bonds is 5. The molecule has 0 bridgehead atoms. The molecule has 0 saturated carbocycles. The van der Waals surface area contributed by atoms with Gasteiger partial charge < -0.3 is 30.1 Å². The molecule has 264 valence electrons. The lowest BCUT2D eigenvalue weighted by molar-refractivity contribution is -0.193. The van der Waals surface area contributed by atoms with Gasteiger partial charge in [-0.25, -0.2) is 24.4 Å². The summed E-state index contributed by atoms with van der Waals surface area (Å²) in [5.74, 6) is -6.59. The van der Waals surface area contributed by atoms with Crippen LogP contribution in [-0.2, 0) is 30.4 Å². The molecule has 0 aromatic carbocycles. The lowest BCUT2D eigenvalue weighted by atomic mass is 10.1. The maximum atomic E-state index is 10.6. The van der Waals surface area contributed by atoms with Crippen LogP contribution in [0.5, 0.6) is 0 Å². The lowest BCUT2D eigenvalue weighted by Gasteiger charge is -2.34. The maximum Gasteiger partial charge on any atom is 0.490 e. The van der Waals surface area contributed by atoms with Crippen molar-refractivity contribution in [3.63, 3.8) is 0 Å². The molecule has 2 aromatic rings. The summed E-state index contributed by atoms with van der Waals surface area (Å²) < 4.78 is 106. The Bertz CT molecular complexity index is 1200. The highest BCUT2D eigenvalue weighted by molar-refractivity contribution is 5.73. The molecule has 4 rings (SSSR count). The van der Waals surface area contributed by atoms with E-state index in [1.54, 1.807) is 0 Å². The Morgan fingerprint density at radius 3 is 1.79 bits per heavy atom. The topological polar surface area (TPSA) is 184 Å². The second-order valence-electron chi connectivity index (χ2n) is 9.12. The third kappa shape index (κ3) is 16.7. The Kier molecular flexibility index (Phi) is 16.2. The first-order chi connectivity index (χ1) is 21.7. The van der Waals surface area contributed by atoms with E-state index in [0.717, 1.165) is 63.1 Å². The average Bonchev–Trinajstić information content (AvgIpc) is 2.98. The van der Waals surface area contributed by atoms with E-state index in [9.17, 15) is 39.5 Å². The summed E-state index contributed by atoms with van der Waals surface area (Å²) in [5, 5.41) is 24.9. The molecule has 4 heterocycles. The van der Waals surface area contributed by atoms with Gasteiger partial charge in [0.2, 0.25) is 0 Å². The Morgan fingerprint density at radius 1 is 0.787 bits per heavy atom. The summed E-state index contributed by atoms with van der Waals surface area (Å²) in [4.78, 5) is 42.8. The number of carboxylic acids is 3. The van der Waals surface area contributed by atoms with Crippen LogP contribution in [0.2, 0.25) is 0 Å². The van der Waals surface area contributed by atoms with Gasteiger partial charge in [0.05, 0.1) is 24.9 Å². The number of hydrogen-bond acceptors (Lipinski definition) is 10. The van der Waals surface area contributed by atoms with E-state index in [0.29, 0.717) is 12.6 Å². The molecule has 1 atom stereocenters. The third-order valence-corrected chi connectivity index (χ3v) is 5.60. The van der Waals surface area contributed by atoms with Crippen LogP contribution >= 0.6 is 0 Å². The molecule has 2 aromatic heterocycles. The van der Waals surface area contributed by atoms with Crippen molar-refractivity contribution in [1.29, 1.82) is 0 Å². The first-order valence-electron chi connectivity index (χ1n) is 13.0. The fourth-order valence-corrected chi connectivity index (χ4v) is 3.43. The van der Waals surface area contributed by atoms with Gasteiger partial charge in [-0.1, -0.05) is 6.07 Å². The monoisotopic (exact) mass is 697 g/mol. The minimum atomic E-state index is -5.08.